The van der Waals surface area contributed by atoms with Gasteiger partial charge in [0, 0.05) is 12.6 Å². The van der Waals surface area contributed by atoms with E-state index in [1.54, 1.807) is 18.2 Å². The molecule has 1 aliphatic carbocycles. The first-order valence-corrected chi connectivity index (χ1v) is 10.7. The molecule has 1 unspecified atom stereocenters. The summed E-state index contributed by atoms with van der Waals surface area (Å²) in [5, 5.41) is 0. The van der Waals surface area contributed by atoms with Crippen LogP contribution in [0, 0.1) is 5.92 Å². The fourth-order valence-corrected chi connectivity index (χ4v) is 3.43. The molecule has 0 saturated carbocycles. The van der Waals surface area contributed by atoms with Gasteiger partial charge in [0.25, 0.3) is 0 Å². The minimum absolute atomic E-state index is 0.00620. The minimum atomic E-state index is -0.304. The third kappa shape index (κ3) is 5.48. The summed E-state index contributed by atoms with van der Waals surface area (Å²) in [4.78, 5) is 19.2. The van der Waals surface area contributed by atoms with E-state index in [0.717, 1.165) is 5.56 Å². The molecule has 166 valence electrons. The molecule has 1 aromatic carbocycles. The third-order valence-electron chi connectivity index (χ3n) is 4.84. The smallest absolute Gasteiger partial charge is 0.233 e. The fraction of sp³-hybridized carbons (Fsp3) is 0.417. The number of benzene rings is 1. The second kappa shape index (κ2) is 10.7. The maximum absolute atomic E-state index is 13.0. The average Bonchev–Trinajstić information content (AvgIpc) is 3.24. The zero-order valence-electron chi connectivity index (χ0n) is 18.6. The maximum Gasteiger partial charge on any atom is 0.233 e. The molecule has 7 nitrogen and oxygen atoms in total. The van der Waals surface area contributed by atoms with Crippen LogP contribution in [-0.4, -0.2) is 42.7 Å². The SMILES string of the molecule is CCOC1=CC=CCC1C(=O)N(C)Cc1coc(-c2ccc(OCC)c(OCC)c2)n1. The summed E-state index contributed by atoms with van der Waals surface area (Å²) >= 11 is 0. The molecular weight excluding hydrogens is 396 g/mol. The van der Waals surface area contributed by atoms with Crippen LogP contribution in [0.15, 0.2) is 52.9 Å². The lowest BCUT2D eigenvalue weighted by molar-refractivity contribution is -0.134. The van der Waals surface area contributed by atoms with E-state index in [2.05, 4.69) is 4.98 Å². The van der Waals surface area contributed by atoms with Gasteiger partial charge in [-0.1, -0.05) is 12.2 Å². The number of rotatable bonds is 10. The van der Waals surface area contributed by atoms with Crippen molar-refractivity contribution >= 4 is 5.91 Å². The molecule has 0 radical (unpaired) electrons. The van der Waals surface area contributed by atoms with Crippen LogP contribution < -0.4 is 9.47 Å². The lowest BCUT2D eigenvalue weighted by Crippen LogP contribution is -2.34. The van der Waals surface area contributed by atoms with Crippen molar-refractivity contribution in [1.82, 2.24) is 9.88 Å². The van der Waals surface area contributed by atoms with Gasteiger partial charge in [-0.15, -0.1) is 0 Å². The Morgan fingerprint density at radius 2 is 1.87 bits per heavy atom. The summed E-state index contributed by atoms with van der Waals surface area (Å²) < 4.78 is 22.6. The van der Waals surface area contributed by atoms with Crippen molar-refractivity contribution in [2.24, 2.45) is 5.92 Å². The first-order valence-electron chi connectivity index (χ1n) is 10.7. The molecule has 1 atom stereocenters. The van der Waals surface area contributed by atoms with Crippen molar-refractivity contribution < 1.29 is 23.4 Å². The number of nitrogens with zero attached hydrogens (tertiary/aromatic N) is 2. The second-order valence-corrected chi connectivity index (χ2v) is 7.08. The molecule has 1 amide bonds. The Balaban J connectivity index is 1.71. The predicted molar refractivity (Wildman–Crippen MR) is 118 cm³/mol. The predicted octanol–water partition coefficient (Wildman–Crippen LogP) is 4.59. The van der Waals surface area contributed by atoms with Crippen LogP contribution in [0.25, 0.3) is 11.5 Å². The van der Waals surface area contributed by atoms with E-state index in [0.29, 0.717) is 61.6 Å². The third-order valence-corrected chi connectivity index (χ3v) is 4.84. The van der Waals surface area contributed by atoms with Gasteiger partial charge in [-0.25, -0.2) is 4.98 Å². The standard InChI is InChI=1S/C24H30N2O5/c1-5-28-20-11-9-8-10-19(20)24(27)26(4)15-18-16-31-23(25-18)17-12-13-21(29-6-2)22(14-17)30-7-3/h8-9,11-14,16,19H,5-7,10,15H2,1-4H3. The number of carbonyl (C=O) groups is 1. The number of allylic oxidation sites excluding steroid dienone is 3. The Morgan fingerprint density at radius 3 is 2.61 bits per heavy atom. The number of amides is 1. The average molecular weight is 427 g/mol. The van der Waals surface area contributed by atoms with Gasteiger partial charge in [0.15, 0.2) is 11.5 Å². The Morgan fingerprint density at radius 1 is 1.13 bits per heavy atom. The molecule has 0 saturated heterocycles. The normalized spacial score (nSPS) is 15.4. The first kappa shape index (κ1) is 22.5. The zero-order chi connectivity index (χ0) is 22.2. The lowest BCUT2D eigenvalue weighted by atomic mass is 9.97. The highest BCUT2D eigenvalue weighted by Crippen LogP contribution is 2.33. The summed E-state index contributed by atoms with van der Waals surface area (Å²) in [5.74, 6) is 2.20. The molecule has 2 aromatic rings. The molecule has 1 heterocycles. The highest BCUT2D eigenvalue weighted by molar-refractivity contribution is 5.81. The van der Waals surface area contributed by atoms with Crippen molar-refractivity contribution in [2.45, 2.75) is 33.7 Å². The van der Waals surface area contributed by atoms with Crippen LogP contribution in [-0.2, 0) is 16.1 Å². The first-order chi connectivity index (χ1) is 15.1. The fourth-order valence-electron chi connectivity index (χ4n) is 3.43. The van der Waals surface area contributed by atoms with Gasteiger partial charge in [0.2, 0.25) is 11.8 Å². The maximum atomic E-state index is 13.0. The number of carbonyl (C=O) groups excluding carboxylic acids is 1. The number of ether oxygens (including phenoxy) is 3. The topological polar surface area (TPSA) is 74.0 Å². The molecule has 0 fully saturated rings. The van der Waals surface area contributed by atoms with Gasteiger partial charge in [-0.2, -0.15) is 0 Å². The molecule has 0 bridgehead atoms. The molecule has 7 heteroatoms. The Hall–Kier alpha value is -3.22. The van der Waals surface area contributed by atoms with E-state index in [-0.39, 0.29) is 11.8 Å². The quantitative estimate of drug-likeness (QED) is 0.553. The van der Waals surface area contributed by atoms with Crippen LogP contribution in [0.2, 0.25) is 0 Å². The Labute approximate surface area is 183 Å². The molecule has 0 spiro atoms. The van der Waals surface area contributed by atoms with Crippen LogP contribution in [0.3, 0.4) is 0 Å². The van der Waals surface area contributed by atoms with E-state index in [9.17, 15) is 4.79 Å². The van der Waals surface area contributed by atoms with Crippen molar-refractivity contribution in [3.8, 4) is 23.0 Å². The lowest BCUT2D eigenvalue weighted by Gasteiger charge is -2.25. The number of hydrogen-bond acceptors (Lipinski definition) is 6. The monoisotopic (exact) mass is 426 g/mol. The highest BCUT2D eigenvalue weighted by atomic mass is 16.5. The van der Waals surface area contributed by atoms with Crippen molar-refractivity contribution in [3.05, 3.63) is 54.1 Å². The van der Waals surface area contributed by atoms with Crippen molar-refractivity contribution in [2.75, 3.05) is 26.9 Å². The number of oxazole rings is 1. The summed E-state index contributed by atoms with van der Waals surface area (Å²) in [6.45, 7) is 7.73. The van der Waals surface area contributed by atoms with E-state index < -0.39 is 0 Å². The summed E-state index contributed by atoms with van der Waals surface area (Å²) in [5.41, 5.74) is 1.46. The zero-order valence-corrected chi connectivity index (χ0v) is 18.6. The van der Waals surface area contributed by atoms with Crippen LogP contribution in [0.1, 0.15) is 32.9 Å². The van der Waals surface area contributed by atoms with Crippen LogP contribution in [0.5, 0.6) is 11.5 Å². The summed E-state index contributed by atoms with van der Waals surface area (Å²) in [6.07, 6.45) is 7.97. The molecule has 31 heavy (non-hydrogen) atoms. The van der Waals surface area contributed by atoms with Gasteiger partial charge < -0.3 is 23.5 Å². The number of aromatic nitrogens is 1. The molecule has 0 N–H and O–H groups in total. The summed E-state index contributed by atoms with van der Waals surface area (Å²) in [7, 11) is 1.77. The number of hydrogen-bond donors (Lipinski definition) is 0. The van der Waals surface area contributed by atoms with Gasteiger partial charge in [-0.05, 0) is 51.5 Å². The van der Waals surface area contributed by atoms with E-state index in [4.69, 9.17) is 18.6 Å². The molecule has 1 aromatic heterocycles. The molecular formula is C24H30N2O5. The van der Waals surface area contributed by atoms with Gasteiger partial charge >= 0.3 is 0 Å². The van der Waals surface area contributed by atoms with Gasteiger partial charge in [0.05, 0.1) is 38.0 Å². The van der Waals surface area contributed by atoms with E-state index in [1.165, 1.54) is 0 Å². The van der Waals surface area contributed by atoms with Crippen molar-refractivity contribution in [3.63, 3.8) is 0 Å². The van der Waals surface area contributed by atoms with E-state index >= 15 is 0 Å². The summed E-state index contributed by atoms with van der Waals surface area (Å²) in [6, 6.07) is 5.58. The molecule has 1 aliphatic rings. The van der Waals surface area contributed by atoms with Crippen LogP contribution in [0.4, 0.5) is 0 Å². The van der Waals surface area contributed by atoms with Crippen LogP contribution >= 0.6 is 0 Å². The minimum Gasteiger partial charge on any atom is -0.497 e. The molecule has 3 rings (SSSR count). The van der Waals surface area contributed by atoms with E-state index in [1.807, 2.05) is 57.2 Å². The largest absolute Gasteiger partial charge is 0.497 e. The second-order valence-electron chi connectivity index (χ2n) is 7.08. The van der Waals surface area contributed by atoms with Crippen molar-refractivity contribution in [1.29, 1.82) is 0 Å². The van der Waals surface area contributed by atoms with Gasteiger partial charge in [0.1, 0.15) is 12.0 Å². The Bertz CT molecular complexity index is 947. The Kier molecular flexibility index (Phi) is 7.76. The van der Waals surface area contributed by atoms with Gasteiger partial charge in [-0.3, -0.25) is 4.79 Å². The molecule has 0 aliphatic heterocycles. The highest BCUT2D eigenvalue weighted by Gasteiger charge is 2.28.